The first-order chi connectivity index (χ1) is 18.6. The van der Waals surface area contributed by atoms with Gasteiger partial charge in [0, 0.05) is 62.3 Å². The van der Waals surface area contributed by atoms with Gasteiger partial charge in [-0.25, -0.2) is 14.8 Å². The normalized spacial score (nSPS) is 15.8. The molecule has 0 atom stereocenters. The van der Waals surface area contributed by atoms with Crippen LogP contribution in [-0.4, -0.2) is 86.9 Å². The van der Waals surface area contributed by atoms with Crippen molar-refractivity contribution in [1.82, 2.24) is 24.7 Å². The zero-order valence-electron chi connectivity index (χ0n) is 23.1. The summed E-state index contributed by atoms with van der Waals surface area (Å²) >= 11 is 0. The van der Waals surface area contributed by atoms with Gasteiger partial charge in [0.1, 0.15) is 5.60 Å². The maximum atomic E-state index is 13.5. The van der Waals surface area contributed by atoms with Gasteiger partial charge in [-0.3, -0.25) is 9.59 Å². The van der Waals surface area contributed by atoms with E-state index in [9.17, 15) is 14.4 Å². The molecule has 3 amide bonds. The fraction of sp³-hybridized carbons (Fsp3) is 0.517. The van der Waals surface area contributed by atoms with Gasteiger partial charge in [-0.15, -0.1) is 0 Å². The van der Waals surface area contributed by atoms with Crippen LogP contribution in [0.15, 0.2) is 36.7 Å². The molecule has 0 radical (unpaired) electrons. The van der Waals surface area contributed by atoms with Crippen LogP contribution in [0.1, 0.15) is 73.6 Å². The minimum atomic E-state index is -0.537. The third kappa shape index (κ3) is 7.11. The van der Waals surface area contributed by atoms with E-state index >= 15 is 0 Å². The third-order valence-corrected chi connectivity index (χ3v) is 6.88. The molecular weight excluding hydrogens is 496 g/mol. The predicted octanol–water partition coefficient (Wildman–Crippen LogP) is 4.13. The Morgan fingerprint density at radius 2 is 1.56 bits per heavy atom. The Balaban J connectivity index is 1.39. The molecule has 2 aliphatic rings. The molecule has 4 rings (SSSR count). The lowest BCUT2D eigenvalue weighted by Gasteiger charge is -2.39. The van der Waals surface area contributed by atoms with Crippen molar-refractivity contribution in [3.05, 3.63) is 47.8 Å². The number of amides is 3. The molecule has 1 aliphatic heterocycles. The third-order valence-electron chi connectivity index (χ3n) is 6.88. The molecule has 2 heterocycles. The maximum absolute atomic E-state index is 13.5. The Hall–Kier alpha value is -4.00. The van der Waals surface area contributed by atoms with Gasteiger partial charge >= 0.3 is 6.09 Å². The zero-order chi connectivity index (χ0) is 28.2. The van der Waals surface area contributed by atoms with Gasteiger partial charge in [0.05, 0.1) is 18.1 Å². The number of rotatable bonds is 7. The summed E-state index contributed by atoms with van der Waals surface area (Å²) in [6.07, 6.45) is 6.46. The minimum absolute atomic E-state index is 0.0553. The molecule has 39 heavy (non-hydrogen) atoms. The van der Waals surface area contributed by atoms with Crippen molar-refractivity contribution in [2.75, 3.05) is 26.7 Å². The number of hydrogen-bond donors (Lipinski definition) is 0. The Morgan fingerprint density at radius 1 is 0.974 bits per heavy atom. The second kappa shape index (κ2) is 11.8. The van der Waals surface area contributed by atoms with E-state index in [4.69, 9.17) is 10.00 Å². The van der Waals surface area contributed by atoms with E-state index in [1.807, 2.05) is 31.7 Å². The first-order valence-corrected chi connectivity index (χ1v) is 13.4. The topological polar surface area (TPSA) is 120 Å². The molecule has 0 unspecified atom stereocenters. The number of carbonyl (C=O) groups is 3. The van der Waals surface area contributed by atoms with Crippen molar-refractivity contribution in [2.24, 2.45) is 0 Å². The molecule has 10 heteroatoms. The first kappa shape index (κ1) is 28.0. The van der Waals surface area contributed by atoms with Crippen molar-refractivity contribution in [2.45, 2.75) is 70.6 Å². The van der Waals surface area contributed by atoms with E-state index < -0.39 is 5.60 Å². The molecule has 1 aromatic carbocycles. The average Bonchev–Trinajstić information content (AvgIpc) is 3.76. The summed E-state index contributed by atoms with van der Waals surface area (Å²) in [6.45, 7) is 7.04. The van der Waals surface area contributed by atoms with Crippen LogP contribution in [0.4, 0.5) is 4.79 Å². The number of ether oxygens (including phenoxy) is 1. The van der Waals surface area contributed by atoms with Crippen LogP contribution >= 0.6 is 0 Å². The molecule has 1 aliphatic carbocycles. The predicted molar refractivity (Wildman–Crippen MR) is 145 cm³/mol. The van der Waals surface area contributed by atoms with Gasteiger partial charge in [0.25, 0.3) is 11.8 Å². The highest BCUT2D eigenvalue weighted by atomic mass is 16.6. The van der Waals surface area contributed by atoms with E-state index in [1.54, 1.807) is 48.6 Å². The molecular formula is C29H36N6O4. The van der Waals surface area contributed by atoms with E-state index in [-0.39, 0.29) is 36.4 Å². The number of hydrogen-bond acceptors (Lipinski definition) is 7. The van der Waals surface area contributed by atoms with E-state index in [0.717, 1.165) is 18.4 Å². The van der Waals surface area contributed by atoms with Crippen LogP contribution in [0.3, 0.4) is 0 Å². The number of aromatic nitrogens is 2. The van der Waals surface area contributed by atoms with Crippen LogP contribution in [0.2, 0.25) is 0 Å². The molecule has 2 aromatic rings. The molecule has 2 fully saturated rings. The number of likely N-dealkylation sites (tertiary alicyclic amines) is 1. The minimum Gasteiger partial charge on any atom is -0.444 e. The number of piperidine rings is 1. The van der Waals surface area contributed by atoms with Crippen molar-refractivity contribution in [3.63, 3.8) is 0 Å². The second-order valence-electron chi connectivity index (χ2n) is 11.1. The standard InChI is InChI=1S/C29H36N6O4/c1-29(2,3)39-28(38)34-16-12-24(13-17-34)35(23-10-11-23)27(37)22-18-31-25(32-19-22)20-6-8-21(9-7-20)26(36)33(4)15-5-14-30/h6-9,18-19,23-24H,5,10-13,15-17H2,1-4H3. The Labute approximate surface area is 229 Å². The highest BCUT2D eigenvalue weighted by Gasteiger charge is 2.40. The lowest BCUT2D eigenvalue weighted by Crippen LogP contribution is -2.50. The molecule has 1 aromatic heterocycles. The fourth-order valence-corrected chi connectivity index (χ4v) is 4.67. The lowest BCUT2D eigenvalue weighted by atomic mass is 10.0. The Bertz CT molecular complexity index is 1220. The number of nitriles is 1. The quantitative estimate of drug-likeness (QED) is 0.526. The summed E-state index contributed by atoms with van der Waals surface area (Å²) in [4.78, 5) is 52.5. The van der Waals surface area contributed by atoms with Crippen LogP contribution in [0.5, 0.6) is 0 Å². The number of nitrogens with zero attached hydrogens (tertiary/aromatic N) is 6. The van der Waals surface area contributed by atoms with Crippen molar-refractivity contribution in [1.29, 1.82) is 5.26 Å². The van der Waals surface area contributed by atoms with Gasteiger partial charge in [-0.05, 0) is 58.6 Å². The summed E-state index contributed by atoms with van der Waals surface area (Å²) < 4.78 is 5.50. The summed E-state index contributed by atoms with van der Waals surface area (Å²) in [5, 5.41) is 8.73. The second-order valence-corrected chi connectivity index (χ2v) is 11.1. The van der Waals surface area contributed by atoms with Crippen molar-refractivity contribution in [3.8, 4) is 17.5 Å². The molecule has 0 bridgehead atoms. The zero-order valence-corrected chi connectivity index (χ0v) is 23.1. The first-order valence-electron chi connectivity index (χ1n) is 13.4. The summed E-state index contributed by atoms with van der Waals surface area (Å²) in [5.41, 5.74) is 1.15. The molecule has 0 spiro atoms. The monoisotopic (exact) mass is 532 g/mol. The Morgan fingerprint density at radius 3 is 2.10 bits per heavy atom. The lowest BCUT2D eigenvalue weighted by molar-refractivity contribution is 0.0142. The molecule has 1 saturated carbocycles. The largest absolute Gasteiger partial charge is 0.444 e. The van der Waals surface area contributed by atoms with Gasteiger partial charge in [-0.1, -0.05) is 12.1 Å². The maximum Gasteiger partial charge on any atom is 0.410 e. The van der Waals surface area contributed by atoms with E-state index in [2.05, 4.69) is 9.97 Å². The molecule has 0 N–H and O–H groups in total. The average molecular weight is 533 g/mol. The van der Waals surface area contributed by atoms with Crippen LogP contribution in [-0.2, 0) is 4.74 Å². The highest BCUT2D eigenvalue weighted by molar-refractivity contribution is 5.95. The highest BCUT2D eigenvalue weighted by Crippen LogP contribution is 2.33. The molecule has 206 valence electrons. The van der Waals surface area contributed by atoms with Crippen molar-refractivity contribution < 1.29 is 19.1 Å². The van der Waals surface area contributed by atoms with Crippen LogP contribution in [0.25, 0.3) is 11.4 Å². The SMILES string of the molecule is CN(CCC#N)C(=O)c1ccc(-c2ncc(C(=O)N(C3CC3)C3CCN(C(=O)OC(C)(C)C)CC3)cn2)cc1. The fourth-order valence-electron chi connectivity index (χ4n) is 4.67. The smallest absolute Gasteiger partial charge is 0.410 e. The van der Waals surface area contributed by atoms with Gasteiger partial charge in [-0.2, -0.15) is 5.26 Å². The summed E-state index contributed by atoms with van der Waals surface area (Å²) in [7, 11) is 1.67. The molecule has 1 saturated heterocycles. The van der Waals surface area contributed by atoms with Crippen LogP contribution < -0.4 is 0 Å². The Kier molecular flexibility index (Phi) is 8.48. The van der Waals surface area contributed by atoms with Gasteiger partial charge < -0.3 is 19.4 Å². The number of carbonyl (C=O) groups excluding carboxylic acids is 3. The van der Waals surface area contributed by atoms with Gasteiger partial charge in [0.2, 0.25) is 0 Å². The van der Waals surface area contributed by atoms with Gasteiger partial charge in [0.15, 0.2) is 5.82 Å². The molecule has 10 nitrogen and oxygen atoms in total. The van der Waals surface area contributed by atoms with E-state index in [1.165, 1.54) is 4.90 Å². The summed E-state index contributed by atoms with van der Waals surface area (Å²) in [5.74, 6) is 0.226. The van der Waals surface area contributed by atoms with E-state index in [0.29, 0.717) is 49.4 Å². The number of benzene rings is 1. The summed E-state index contributed by atoms with van der Waals surface area (Å²) in [6, 6.07) is 9.28. The van der Waals surface area contributed by atoms with Crippen molar-refractivity contribution >= 4 is 17.9 Å². The van der Waals surface area contributed by atoms with Crippen LogP contribution in [0, 0.1) is 11.3 Å².